The molecule has 7 heteroatoms. The third-order valence-corrected chi connectivity index (χ3v) is 7.36. The van der Waals surface area contributed by atoms with Gasteiger partial charge in [0.15, 0.2) is 5.78 Å². The van der Waals surface area contributed by atoms with Crippen LogP contribution in [-0.4, -0.2) is 43.1 Å². The summed E-state index contributed by atoms with van der Waals surface area (Å²) in [5.74, 6) is -0.142. The Morgan fingerprint density at radius 1 is 0.600 bits per heavy atom. The minimum absolute atomic E-state index is 0.142. The smallest absolute Gasteiger partial charge is 0.228 e. The second-order valence-corrected chi connectivity index (χ2v) is 10.9. The molecule has 0 aromatic heterocycles. The van der Waals surface area contributed by atoms with E-state index in [9.17, 15) is 4.79 Å². The SMILES string of the molecule is CC(=O)/C=C/OC1O[C@H](COCc2ccccc2)[C@@H](OCc2ccccc2)[C@H](OCc2ccccc2)[C@H]1OCc1ccccc1. The van der Waals surface area contributed by atoms with E-state index in [1.165, 1.54) is 19.3 Å². The van der Waals surface area contributed by atoms with Crippen LogP contribution in [0.5, 0.6) is 0 Å². The topological polar surface area (TPSA) is 72.5 Å². The van der Waals surface area contributed by atoms with Crippen molar-refractivity contribution in [3.8, 4) is 0 Å². The van der Waals surface area contributed by atoms with Crippen LogP contribution in [0.1, 0.15) is 29.2 Å². The highest BCUT2D eigenvalue weighted by Gasteiger charge is 2.49. The molecule has 4 aromatic rings. The van der Waals surface area contributed by atoms with Gasteiger partial charge in [0.05, 0.1) is 39.3 Å². The van der Waals surface area contributed by atoms with Crippen LogP contribution in [0.25, 0.3) is 0 Å². The van der Waals surface area contributed by atoms with Crippen molar-refractivity contribution in [3.63, 3.8) is 0 Å². The Balaban J connectivity index is 1.44. The zero-order valence-electron chi connectivity index (χ0n) is 25.5. The van der Waals surface area contributed by atoms with Crippen LogP contribution in [0.15, 0.2) is 134 Å². The molecule has 1 fully saturated rings. The Morgan fingerprint density at radius 3 is 1.49 bits per heavy atom. The number of hydrogen-bond donors (Lipinski definition) is 0. The van der Waals surface area contributed by atoms with Crippen LogP contribution in [0.4, 0.5) is 0 Å². The average molecular weight is 609 g/mol. The largest absolute Gasteiger partial charge is 0.469 e. The van der Waals surface area contributed by atoms with E-state index in [2.05, 4.69) is 0 Å². The second kappa shape index (κ2) is 17.4. The summed E-state index contributed by atoms with van der Waals surface area (Å²) in [5.41, 5.74) is 4.08. The molecule has 0 radical (unpaired) electrons. The molecule has 0 N–H and O–H groups in total. The number of ether oxygens (including phenoxy) is 6. The predicted octanol–water partition coefficient (Wildman–Crippen LogP) is 6.80. The van der Waals surface area contributed by atoms with E-state index in [0.29, 0.717) is 26.4 Å². The molecule has 45 heavy (non-hydrogen) atoms. The average Bonchev–Trinajstić information content (AvgIpc) is 3.08. The quantitative estimate of drug-likeness (QED) is 0.102. The molecule has 5 atom stereocenters. The summed E-state index contributed by atoms with van der Waals surface area (Å²) in [6, 6.07) is 39.8. The van der Waals surface area contributed by atoms with Crippen molar-refractivity contribution in [1.82, 2.24) is 0 Å². The van der Waals surface area contributed by atoms with E-state index in [1.54, 1.807) is 0 Å². The fourth-order valence-electron chi connectivity index (χ4n) is 5.07. The van der Waals surface area contributed by atoms with Gasteiger partial charge in [0.1, 0.15) is 24.4 Å². The molecular formula is C38H40O7. The summed E-state index contributed by atoms with van der Waals surface area (Å²) in [7, 11) is 0. The van der Waals surface area contributed by atoms with Gasteiger partial charge in [-0.05, 0) is 29.2 Å². The summed E-state index contributed by atoms with van der Waals surface area (Å²) < 4.78 is 38.6. The standard InChI is InChI=1S/C38H40O7/c1-29(39)22-23-41-38-37(44-27-33-20-12-5-13-21-33)36(43-26-32-18-10-4-11-19-32)35(42-25-31-16-8-3-9-17-31)34(45-38)28-40-24-30-14-6-2-7-15-30/h2-23,34-38H,24-28H2,1H3/b23-22+/t34-,35-,36+,37-,38?/m1/s1. The van der Waals surface area contributed by atoms with Gasteiger partial charge in [-0.15, -0.1) is 0 Å². The first kappa shape index (κ1) is 32.3. The van der Waals surface area contributed by atoms with E-state index in [0.717, 1.165) is 22.3 Å². The molecule has 4 aromatic carbocycles. The van der Waals surface area contributed by atoms with Crippen molar-refractivity contribution in [2.45, 2.75) is 64.1 Å². The van der Waals surface area contributed by atoms with Crippen molar-refractivity contribution in [3.05, 3.63) is 156 Å². The monoisotopic (exact) mass is 608 g/mol. The predicted molar refractivity (Wildman–Crippen MR) is 171 cm³/mol. The fraction of sp³-hybridized carbons (Fsp3) is 0.289. The molecule has 1 saturated heterocycles. The summed E-state index contributed by atoms with van der Waals surface area (Å²) in [6.45, 7) is 3.07. The lowest BCUT2D eigenvalue weighted by Gasteiger charge is -2.45. The molecule has 0 bridgehead atoms. The van der Waals surface area contributed by atoms with Crippen molar-refractivity contribution in [1.29, 1.82) is 0 Å². The van der Waals surface area contributed by atoms with Crippen LogP contribution >= 0.6 is 0 Å². The molecule has 0 amide bonds. The van der Waals surface area contributed by atoms with Gasteiger partial charge >= 0.3 is 0 Å². The van der Waals surface area contributed by atoms with Crippen LogP contribution in [0.2, 0.25) is 0 Å². The third-order valence-electron chi connectivity index (χ3n) is 7.36. The highest BCUT2D eigenvalue weighted by atomic mass is 16.7. The number of rotatable bonds is 16. The molecule has 1 unspecified atom stereocenters. The highest BCUT2D eigenvalue weighted by Crippen LogP contribution is 2.31. The molecular weight excluding hydrogens is 568 g/mol. The fourth-order valence-corrected chi connectivity index (χ4v) is 5.07. The third kappa shape index (κ3) is 10.2. The van der Waals surface area contributed by atoms with Crippen LogP contribution < -0.4 is 0 Å². The summed E-state index contributed by atoms with van der Waals surface area (Å²) in [5, 5.41) is 0. The molecule has 1 aliphatic rings. The zero-order valence-corrected chi connectivity index (χ0v) is 25.5. The number of ketones is 1. The maximum atomic E-state index is 11.7. The maximum absolute atomic E-state index is 11.7. The first-order valence-electron chi connectivity index (χ1n) is 15.2. The summed E-state index contributed by atoms with van der Waals surface area (Å²) in [6.07, 6.45) is -0.618. The molecule has 0 spiro atoms. The molecule has 5 rings (SSSR count). The van der Waals surface area contributed by atoms with Gasteiger partial charge in [0.2, 0.25) is 6.29 Å². The van der Waals surface area contributed by atoms with Crippen molar-refractivity contribution in [2.24, 2.45) is 0 Å². The van der Waals surface area contributed by atoms with Crippen LogP contribution in [0, 0.1) is 0 Å². The molecule has 0 aliphatic carbocycles. The molecule has 0 saturated carbocycles. The van der Waals surface area contributed by atoms with Gasteiger partial charge in [0.25, 0.3) is 0 Å². The number of benzene rings is 4. The van der Waals surface area contributed by atoms with Gasteiger partial charge in [-0.2, -0.15) is 0 Å². The van der Waals surface area contributed by atoms with Gasteiger partial charge in [-0.3, -0.25) is 4.79 Å². The highest BCUT2D eigenvalue weighted by molar-refractivity contribution is 5.86. The minimum Gasteiger partial charge on any atom is -0.469 e. The lowest BCUT2D eigenvalue weighted by Crippen LogP contribution is -2.61. The van der Waals surface area contributed by atoms with Crippen molar-refractivity contribution >= 4 is 5.78 Å². The first-order chi connectivity index (χ1) is 22.2. The Labute approximate surface area is 265 Å². The van der Waals surface area contributed by atoms with Gasteiger partial charge in [0, 0.05) is 6.08 Å². The van der Waals surface area contributed by atoms with E-state index in [1.807, 2.05) is 121 Å². The number of carbonyl (C=O) groups is 1. The summed E-state index contributed by atoms with van der Waals surface area (Å²) >= 11 is 0. The molecule has 7 nitrogen and oxygen atoms in total. The van der Waals surface area contributed by atoms with Gasteiger partial charge < -0.3 is 28.4 Å². The van der Waals surface area contributed by atoms with E-state index in [-0.39, 0.29) is 12.4 Å². The lowest BCUT2D eigenvalue weighted by atomic mass is 9.97. The Morgan fingerprint density at radius 2 is 1.02 bits per heavy atom. The molecule has 234 valence electrons. The first-order valence-corrected chi connectivity index (χ1v) is 15.2. The minimum atomic E-state index is -0.896. The van der Waals surface area contributed by atoms with Crippen molar-refractivity contribution in [2.75, 3.05) is 6.61 Å². The summed E-state index contributed by atoms with van der Waals surface area (Å²) in [4.78, 5) is 11.7. The zero-order chi connectivity index (χ0) is 31.1. The Bertz CT molecular complexity index is 1430. The van der Waals surface area contributed by atoms with Crippen molar-refractivity contribution < 1.29 is 33.2 Å². The Kier molecular flexibility index (Phi) is 12.5. The normalized spacial score (nSPS) is 21.5. The van der Waals surface area contributed by atoms with E-state index < -0.39 is 30.7 Å². The van der Waals surface area contributed by atoms with Crippen LogP contribution in [-0.2, 0) is 59.6 Å². The van der Waals surface area contributed by atoms with E-state index in [4.69, 9.17) is 28.4 Å². The second-order valence-electron chi connectivity index (χ2n) is 10.9. The Hall–Kier alpha value is -4.11. The maximum Gasteiger partial charge on any atom is 0.228 e. The van der Waals surface area contributed by atoms with E-state index >= 15 is 0 Å². The molecule has 1 heterocycles. The van der Waals surface area contributed by atoms with Crippen LogP contribution in [0.3, 0.4) is 0 Å². The van der Waals surface area contributed by atoms with Gasteiger partial charge in [-0.25, -0.2) is 0 Å². The number of allylic oxidation sites excluding steroid dienone is 1. The number of carbonyl (C=O) groups excluding carboxylic acids is 1. The van der Waals surface area contributed by atoms with Gasteiger partial charge in [-0.1, -0.05) is 121 Å². The molecule has 1 aliphatic heterocycles. The number of hydrogen-bond acceptors (Lipinski definition) is 7. The lowest BCUT2D eigenvalue weighted by molar-refractivity contribution is -0.318.